The molecule has 0 fully saturated rings. The molecule has 118 valence electrons. The van der Waals surface area contributed by atoms with Crippen molar-refractivity contribution in [2.45, 2.75) is 19.5 Å². The van der Waals surface area contributed by atoms with Crippen LogP contribution in [0.25, 0.3) is 0 Å². The zero-order chi connectivity index (χ0) is 16.2. The average molecular weight is 391 g/mol. The summed E-state index contributed by atoms with van der Waals surface area (Å²) in [6.45, 7) is 1.36. The number of benzene rings is 2. The Morgan fingerprint density at radius 3 is 2.48 bits per heavy atom. The Morgan fingerprint density at radius 1 is 1.04 bits per heavy atom. The predicted octanol–water partition coefficient (Wildman–Crippen LogP) is 4.40. The third-order valence-corrected chi connectivity index (χ3v) is 4.37. The highest BCUT2D eigenvalue weighted by Crippen LogP contribution is 2.21. The summed E-state index contributed by atoms with van der Waals surface area (Å²) in [5.41, 5.74) is 9.15. The largest absolute Gasteiger partial charge is 0.330 e. The lowest BCUT2D eigenvalue weighted by Gasteiger charge is -2.09. The summed E-state index contributed by atoms with van der Waals surface area (Å²) in [5, 5.41) is 0.727. The van der Waals surface area contributed by atoms with Crippen LogP contribution in [0.15, 0.2) is 59.3 Å². The van der Waals surface area contributed by atoms with Gasteiger partial charge in [-0.2, -0.15) is 0 Å². The second-order valence-corrected chi connectivity index (χ2v) is 6.80. The molecular formula is C18H17BrClN3. The molecular weight excluding hydrogens is 374 g/mol. The van der Waals surface area contributed by atoms with Crippen molar-refractivity contribution < 1.29 is 0 Å². The minimum Gasteiger partial charge on any atom is -0.330 e. The van der Waals surface area contributed by atoms with E-state index in [0.29, 0.717) is 6.54 Å². The van der Waals surface area contributed by atoms with E-state index in [4.69, 9.17) is 17.3 Å². The summed E-state index contributed by atoms with van der Waals surface area (Å²) in [5.74, 6) is 1.02. The lowest BCUT2D eigenvalue weighted by Crippen LogP contribution is -2.05. The lowest BCUT2D eigenvalue weighted by atomic mass is 10.1. The molecule has 1 heterocycles. The maximum atomic E-state index is 6.12. The van der Waals surface area contributed by atoms with Crippen LogP contribution in [0.4, 0.5) is 0 Å². The number of nitrogens with two attached hydrogens (primary N) is 1. The Bertz CT molecular complexity index is 776. The highest BCUT2D eigenvalue weighted by molar-refractivity contribution is 9.10. The topological polar surface area (TPSA) is 43.8 Å². The smallest absolute Gasteiger partial charge is 0.113 e. The molecule has 0 unspecified atom stereocenters. The predicted molar refractivity (Wildman–Crippen MR) is 97.6 cm³/mol. The van der Waals surface area contributed by atoms with Crippen LogP contribution in [-0.4, -0.2) is 9.55 Å². The van der Waals surface area contributed by atoms with Crippen LogP contribution in [0, 0.1) is 0 Å². The number of halogens is 2. The summed E-state index contributed by atoms with van der Waals surface area (Å²) in [6.07, 6.45) is 4.59. The van der Waals surface area contributed by atoms with E-state index in [1.54, 1.807) is 0 Å². The van der Waals surface area contributed by atoms with Gasteiger partial charge >= 0.3 is 0 Å². The highest BCUT2D eigenvalue weighted by Gasteiger charge is 2.07. The highest BCUT2D eigenvalue weighted by atomic mass is 79.9. The molecule has 0 atom stereocenters. The van der Waals surface area contributed by atoms with Crippen molar-refractivity contribution in [1.29, 1.82) is 0 Å². The van der Waals surface area contributed by atoms with Crippen molar-refractivity contribution in [3.05, 3.63) is 86.9 Å². The third kappa shape index (κ3) is 4.22. The molecule has 0 aliphatic rings. The van der Waals surface area contributed by atoms with Crippen molar-refractivity contribution in [3.63, 3.8) is 0 Å². The monoisotopic (exact) mass is 389 g/mol. The molecule has 0 bridgehead atoms. The van der Waals surface area contributed by atoms with Gasteiger partial charge in [0.2, 0.25) is 0 Å². The summed E-state index contributed by atoms with van der Waals surface area (Å²) in [4.78, 5) is 4.49. The van der Waals surface area contributed by atoms with Crippen LogP contribution in [0.2, 0.25) is 5.02 Å². The molecule has 0 saturated heterocycles. The van der Waals surface area contributed by atoms with Gasteiger partial charge in [0.25, 0.3) is 0 Å². The van der Waals surface area contributed by atoms with Crippen LogP contribution in [0.3, 0.4) is 0 Å². The van der Waals surface area contributed by atoms with Gasteiger partial charge in [-0.15, -0.1) is 0 Å². The van der Waals surface area contributed by atoms with Crippen molar-refractivity contribution in [2.75, 3.05) is 0 Å². The fourth-order valence-electron chi connectivity index (χ4n) is 2.52. The van der Waals surface area contributed by atoms with Gasteiger partial charge < -0.3 is 10.3 Å². The van der Waals surface area contributed by atoms with Gasteiger partial charge in [-0.25, -0.2) is 4.98 Å². The van der Waals surface area contributed by atoms with Gasteiger partial charge in [-0.1, -0.05) is 51.8 Å². The molecule has 0 saturated carbocycles. The van der Waals surface area contributed by atoms with Crippen molar-refractivity contribution in [2.24, 2.45) is 5.73 Å². The summed E-state index contributed by atoms with van der Waals surface area (Å²) in [6, 6.07) is 14.3. The first-order chi connectivity index (χ1) is 11.1. The quantitative estimate of drug-likeness (QED) is 0.702. The van der Waals surface area contributed by atoms with Gasteiger partial charge in [0, 0.05) is 41.4 Å². The molecule has 0 radical (unpaired) electrons. The Balaban J connectivity index is 1.78. The Labute approximate surface area is 149 Å². The van der Waals surface area contributed by atoms with E-state index in [1.807, 2.05) is 24.5 Å². The fraction of sp³-hybridized carbons (Fsp3) is 0.167. The standard InChI is InChI=1S/C18H17BrClN3/c19-16-7-15(8-17(20)10-16)9-18-22-5-6-23(18)12-14-3-1-13(11-21)2-4-14/h1-8,10H,9,11-12,21H2. The molecule has 0 amide bonds. The second-order valence-electron chi connectivity index (χ2n) is 5.45. The van der Waals surface area contributed by atoms with Gasteiger partial charge in [-0.3, -0.25) is 0 Å². The number of nitrogens with zero attached hydrogens (tertiary/aromatic N) is 2. The minimum absolute atomic E-state index is 0.570. The van der Waals surface area contributed by atoms with Gasteiger partial charge in [-0.05, 0) is 34.9 Å². The maximum Gasteiger partial charge on any atom is 0.113 e. The molecule has 0 aliphatic carbocycles. The van der Waals surface area contributed by atoms with Crippen molar-refractivity contribution >= 4 is 27.5 Å². The third-order valence-electron chi connectivity index (χ3n) is 3.70. The van der Waals surface area contributed by atoms with E-state index >= 15 is 0 Å². The molecule has 3 nitrogen and oxygen atoms in total. The summed E-state index contributed by atoms with van der Waals surface area (Å²) in [7, 11) is 0. The maximum absolute atomic E-state index is 6.12. The van der Waals surface area contributed by atoms with Crippen LogP contribution in [0.1, 0.15) is 22.5 Å². The van der Waals surface area contributed by atoms with Crippen molar-refractivity contribution in [1.82, 2.24) is 9.55 Å². The molecule has 1 aromatic heterocycles. The SMILES string of the molecule is NCc1ccc(Cn2ccnc2Cc2cc(Cl)cc(Br)c2)cc1. The average Bonchev–Trinajstić information content (AvgIpc) is 2.94. The Morgan fingerprint density at radius 2 is 1.78 bits per heavy atom. The van der Waals surface area contributed by atoms with Crippen LogP contribution < -0.4 is 5.73 Å². The Kier molecular flexibility index (Phi) is 5.16. The van der Waals surface area contributed by atoms with Gasteiger partial charge in [0.15, 0.2) is 0 Å². The zero-order valence-electron chi connectivity index (χ0n) is 12.5. The van der Waals surface area contributed by atoms with Crippen LogP contribution in [0.5, 0.6) is 0 Å². The zero-order valence-corrected chi connectivity index (χ0v) is 14.9. The molecule has 2 aromatic carbocycles. The second kappa shape index (κ2) is 7.30. The van der Waals surface area contributed by atoms with E-state index in [9.17, 15) is 0 Å². The normalized spacial score (nSPS) is 10.9. The number of aromatic nitrogens is 2. The van der Waals surface area contributed by atoms with Crippen LogP contribution in [-0.2, 0) is 19.5 Å². The number of rotatable bonds is 5. The number of hydrogen-bond acceptors (Lipinski definition) is 2. The number of hydrogen-bond donors (Lipinski definition) is 1. The molecule has 3 rings (SSSR count). The first-order valence-electron chi connectivity index (χ1n) is 7.37. The molecule has 0 spiro atoms. The lowest BCUT2D eigenvalue weighted by molar-refractivity contribution is 0.740. The van der Waals surface area contributed by atoms with Crippen LogP contribution >= 0.6 is 27.5 Å². The first kappa shape index (κ1) is 16.2. The summed E-state index contributed by atoms with van der Waals surface area (Å²) < 4.78 is 3.14. The van der Waals surface area contributed by atoms with E-state index < -0.39 is 0 Å². The molecule has 0 aliphatic heterocycles. The Hall–Kier alpha value is -1.62. The molecule has 23 heavy (non-hydrogen) atoms. The fourth-order valence-corrected chi connectivity index (χ4v) is 3.45. The first-order valence-corrected chi connectivity index (χ1v) is 8.54. The van der Waals surface area contributed by atoms with Gasteiger partial charge in [0.05, 0.1) is 0 Å². The molecule has 2 N–H and O–H groups in total. The molecule has 3 aromatic rings. The van der Waals surface area contributed by atoms with Crippen molar-refractivity contribution in [3.8, 4) is 0 Å². The van der Waals surface area contributed by atoms with E-state index in [1.165, 1.54) is 5.56 Å². The van der Waals surface area contributed by atoms with E-state index in [-0.39, 0.29) is 0 Å². The van der Waals surface area contributed by atoms with E-state index in [2.05, 4.69) is 55.8 Å². The molecule has 5 heteroatoms. The summed E-state index contributed by atoms with van der Waals surface area (Å²) >= 11 is 9.60. The minimum atomic E-state index is 0.570. The van der Waals surface area contributed by atoms with Gasteiger partial charge in [0.1, 0.15) is 5.82 Å². The van der Waals surface area contributed by atoms with E-state index in [0.717, 1.165) is 39.4 Å². The number of imidazole rings is 1.